The predicted molar refractivity (Wildman–Crippen MR) is 140 cm³/mol. The number of aldehydes is 1. The van der Waals surface area contributed by atoms with Crippen LogP contribution in [0.4, 0.5) is 11.4 Å². The molecular formula is C27H26N4O6. The van der Waals surface area contributed by atoms with Crippen LogP contribution in [0, 0.1) is 23.7 Å². The van der Waals surface area contributed by atoms with E-state index in [2.05, 4.69) is 10.6 Å². The van der Waals surface area contributed by atoms with Gasteiger partial charge in [-0.25, -0.2) is 4.79 Å². The molecule has 3 rings (SSSR count). The van der Waals surface area contributed by atoms with Crippen molar-refractivity contribution in [2.24, 2.45) is 0 Å². The molecule has 10 heteroatoms. The van der Waals surface area contributed by atoms with Crippen LogP contribution < -0.4 is 15.4 Å². The van der Waals surface area contributed by atoms with Crippen molar-refractivity contribution < 1.29 is 29.3 Å². The Bertz CT molecular complexity index is 1410. The van der Waals surface area contributed by atoms with Crippen LogP contribution >= 0.6 is 0 Å². The van der Waals surface area contributed by atoms with Crippen molar-refractivity contribution in [3.05, 3.63) is 70.8 Å². The SMILES string of the molecule is CNc1ccc(C#N)cc1C(=O)O.COc1ccc(NC(C)=O)cc1-c1cc(O)c(C(=N)C=O)cc1C. The van der Waals surface area contributed by atoms with E-state index < -0.39 is 5.97 Å². The topological polar surface area (TPSA) is 173 Å². The summed E-state index contributed by atoms with van der Waals surface area (Å²) in [5.41, 5.74) is 3.56. The average molecular weight is 503 g/mol. The van der Waals surface area contributed by atoms with E-state index in [1.54, 1.807) is 50.4 Å². The number of carboxylic acid groups (broad SMARTS) is 1. The second-order valence-corrected chi connectivity index (χ2v) is 7.74. The molecule has 0 saturated carbocycles. The number of methoxy groups -OCH3 is 1. The number of benzene rings is 3. The summed E-state index contributed by atoms with van der Waals surface area (Å²) in [7, 11) is 3.16. The Kier molecular flexibility index (Phi) is 9.49. The second kappa shape index (κ2) is 12.5. The van der Waals surface area contributed by atoms with Crippen molar-refractivity contribution in [3.8, 4) is 28.7 Å². The predicted octanol–water partition coefficient (Wildman–Crippen LogP) is 4.20. The van der Waals surface area contributed by atoms with Gasteiger partial charge in [-0.15, -0.1) is 0 Å². The third-order valence-corrected chi connectivity index (χ3v) is 5.21. The first-order valence-corrected chi connectivity index (χ1v) is 10.8. The molecule has 0 atom stereocenters. The lowest BCUT2D eigenvalue weighted by atomic mass is 9.95. The standard InChI is InChI=1S/C18H18N2O4.C9H8N2O2/c1-10-6-15(16(19)9-21)17(23)8-13(10)14-7-12(20-11(2)22)4-5-18(14)24-3;1-11-8-3-2-6(5-10)4-7(8)9(12)13/h4-9,19,23H,1-3H3,(H,20,22);2-4,11H,1H3,(H,12,13). The second-order valence-electron chi connectivity index (χ2n) is 7.74. The Morgan fingerprint density at radius 3 is 2.32 bits per heavy atom. The fraction of sp³-hybridized carbons (Fsp3) is 0.148. The van der Waals surface area contributed by atoms with Gasteiger partial charge in [0.1, 0.15) is 17.2 Å². The Morgan fingerprint density at radius 1 is 1.08 bits per heavy atom. The molecule has 0 aliphatic carbocycles. The normalized spacial score (nSPS) is 9.70. The number of ether oxygens (including phenoxy) is 1. The summed E-state index contributed by atoms with van der Waals surface area (Å²) < 4.78 is 5.36. The maximum atomic E-state index is 11.3. The molecule has 0 unspecified atom stereocenters. The summed E-state index contributed by atoms with van der Waals surface area (Å²) in [4.78, 5) is 32.7. The van der Waals surface area contributed by atoms with Gasteiger partial charge in [0.05, 0.1) is 24.3 Å². The average Bonchev–Trinajstić information content (AvgIpc) is 2.88. The molecule has 0 spiro atoms. The zero-order chi connectivity index (χ0) is 27.7. The lowest BCUT2D eigenvalue weighted by Crippen LogP contribution is -2.06. The number of rotatable bonds is 7. The number of carboxylic acids is 1. The van der Waals surface area contributed by atoms with Crippen LogP contribution in [0.1, 0.15) is 34.0 Å². The molecule has 1 amide bonds. The van der Waals surface area contributed by atoms with Crippen molar-refractivity contribution in [2.45, 2.75) is 13.8 Å². The molecule has 0 aromatic heterocycles. The third kappa shape index (κ3) is 6.93. The lowest BCUT2D eigenvalue weighted by molar-refractivity contribution is -0.114. The molecule has 37 heavy (non-hydrogen) atoms. The van der Waals surface area contributed by atoms with Crippen LogP contribution in [0.15, 0.2) is 48.5 Å². The van der Waals surface area contributed by atoms with Crippen LogP contribution in [-0.4, -0.2) is 48.2 Å². The molecule has 0 radical (unpaired) electrons. The molecule has 0 saturated heterocycles. The number of aryl methyl sites for hydroxylation is 1. The number of phenolic OH excluding ortho intramolecular Hbond substituents is 1. The maximum Gasteiger partial charge on any atom is 0.337 e. The Hall–Kier alpha value is -5.17. The first-order chi connectivity index (χ1) is 17.6. The Labute approximate surface area is 213 Å². The summed E-state index contributed by atoms with van der Waals surface area (Å²) in [5, 5.41) is 40.5. The first-order valence-electron chi connectivity index (χ1n) is 10.8. The highest BCUT2D eigenvalue weighted by atomic mass is 16.5. The van der Waals surface area contributed by atoms with Crippen molar-refractivity contribution in [3.63, 3.8) is 0 Å². The van der Waals surface area contributed by atoms with Gasteiger partial charge in [0, 0.05) is 36.5 Å². The number of nitrogens with zero attached hydrogens (tertiary/aromatic N) is 1. The quantitative estimate of drug-likeness (QED) is 0.236. The van der Waals surface area contributed by atoms with Crippen LogP contribution in [0.3, 0.4) is 0 Å². The number of amides is 1. The number of nitriles is 1. The molecule has 0 bridgehead atoms. The molecule has 0 aliphatic heterocycles. The smallest absolute Gasteiger partial charge is 0.337 e. The Morgan fingerprint density at radius 2 is 1.78 bits per heavy atom. The van der Waals surface area contributed by atoms with Crippen molar-refractivity contribution in [1.29, 1.82) is 10.7 Å². The van der Waals surface area contributed by atoms with Crippen LogP contribution in [0.5, 0.6) is 11.5 Å². The van der Waals surface area contributed by atoms with E-state index in [9.17, 15) is 19.5 Å². The zero-order valence-corrected chi connectivity index (χ0v) is 20.7. The number of anilines is 2. The van der Waals surface area contributed by atoms with Crippen LogP contribution in [0.2, 0.25) is 0 Å². The molecule has 190 valence electrons. The number of aromatic hydroxyl groups is 1. The van der Waals surface area contributed by atoms with Gasteiger partial charge in [-0.05, 0) is 66.6 Å². The molecular weight excluding hydrogens is 476 g/mol. The van der Waals surface area contributed by atoms with E-state index in [0.29, 0.717) is 40.1 Å². The van der Waals surface area contributed by atoms with Gasteiger partial charge in [0.15, 0.2) is 6.29 Å². The van der Waals surface area contributed by atoms with E-state index in [1.807, 2.05) is 6.07 Å². The summed E-state index contributed by atoms with van der Waals surface area (Å²) in [5.74, 6) is -0.827. The summed E-state index contributed by atoms with van der Waals surface area (Å²) in [6, 6.07) is 14.6. The van der Waals surface area contributed by atoms with Gasteiger partial charge in [-0.2, -0.15) is 5.26 Å². The number of carbonyl (C=O) groups excluding carboxylic acids is 2. The largest absolute Gasteiger partial charge is 0.507 e. The van der Waals surface area contributed by atoms with Gasteiger partial charge < -0.3 is 25.6 Å². The highest BCUT2D eigenvalue weighted by Crippen LogP contribution is 2.37. The number of aromatic carboxylic acids is 1. The molecule has 3 aromatic carbocycles. The molecule has 0 heterocycles. The lowest BCUT2D eigenvalue weighted by Gasteiger charge is -2.15. The van der Waals surface area contributed by atoms with E-state index >= 15 is 0 Å². The van der Waals surface area contributed by atoms with Gasteiger partial charge in [0.2, 0.25) is 5.91 Å². The minimum atomic E-state index is -1.04. The van der Waals surface area contributed by atoms with Crippen molar-refractivity contribution in [2.75, 3.05) is 24.8 Å². The first kappa shape index (κ1) is 28.1. The van der Waals surface area contributed by atoms with Gasteiger partial charge >= 0.3 is 5.97 Å². The highest BCUT2D eigenvalue weighted by molar-refractivity contribution is 6.35. The van der Waals surface area contributed by atoms with Crippen molar-refractivity contribution in [1.82, 2.24) is 0 Å². The van der Waals surface area contributed by atoms with E-state index in [4.69, 9.17) is 20.5 Å². The minimum absolute atomic E-state index is 0.113. The van der Waals surface area contributed by atoms with Gasteiger partial charge in [-0.1, -0.05) is 0 Å². The summed E-state index contributed by atoms with van der Waals surface area (Å²) in [6.45, 7) is 3.22. The number of nitrogens with one attached hydrogen (secondary N) is 3. The zero-order valence-electron chi connectivity index (χ0n) is 20.7. The van der Waals surface area contributed by atoms with Crippen LogP contribution in [0.25, 0.3) is 11.1 Å². The molecule has 10 nitrogen and oxygen atoms in total. The number of phenols is 1. The van der Waals surface area contributed by atoms with Crippen molar-refractivity contribution >= 4 is 35.2 Å². The number of hydrogen-bond donors (Lipinski definition) is 5. The molecule has 0 aliphatic rings. The number of hydrogen-bond acceptors (Lipinski definition) is 8. The fourth-order valence-electron chi connectivity index (χ4n) is 3.47. The van der Waals surface area contributed by atoms with E-state index in [1.165, 1.54) is 26.2 Å². The van der Waals surface area contributed by atoms with Gasteiger partial charge in [0.25, 0.3) is 0 Å². The monoisotopic (exact) mass is 502 g/mol. The summed E-state index contributed by atoms with van der Waals surface area (Å²) in [6.07, 6.45) is 0.381. The molecule has 3 aromatic rings. The highest BCUT2D eigenvalue weighted by Gasteiger charge is 2.15. The molecule has 0 fully saturated rings. The maximum absolute atomic E-state index is 11.3. The third-order valence-electron chi connectivity index (χ3n) is 5.21. The summed E-state index contributed by atoms with van der Waals surface area (Å²) >= 11 is 0. The Balaban J connectivity index is 0.000000312. The van der Waals surface area contributed by atoms with E-state index in [-0.39, 0.29) is 28.5 Å². The molecule has 5 N–H and O–H groups in total. The van der Waals surface area contributed by atoms with Gasteiger partial charge in [-0.3, -0.25) is 15.0 Å². The van der Waals surface area contributed by atoms with E-state index in [0.717, 1.165) is 5.56 Å². The minimum Gasteiger partial charge on any atom is -0.507 e. The number of carbonyl (C=O) groups is 3. The fourth-order valence-corrected chi connectivity index (χ4v) is 3.47. The van der Waals surface area contributed by atoms with Crippen LogP contribution in [-0.2, 0) is 9.59 Å².